The van der Waals surface area contributed by atoms with Crippen LogP contribution in [0.25, 0.3) is 0 Å². The van der Waals surface area contributed by atoms with Gasteiger partial charge in [-0.15, -0.1) is 0 Å². The number of nitrogens with one attached hydrogen (secondary N) is 1. The Bertz CT molecular complexity index is 368. The Morgan fingerprint density at radius 3 is 2.94 bits per heavy atom. The van der Waals surface area contributed by atoms with Crippen molar-refractivity contribution in [2.45, 2.75) is 38.5 Å². The fourth-order valence-electron chi connectivity index (χ4n) is 2.44. The van der Waals surface area contributed by atoms with E-state index in [1.165, 1.54) is 19.3 Å². The highest BCUT2D eigenvalue weighted by molar-refractivity contribution is 5.40. The molecule has 0 bridgehead atoms. The van der Waals surface area contributed by atoms with E-state index in [1.807, 2.05) is 0 Å². The predicted molar refractivity (Wildman–Crippen MR) is 74.4 cm³/mol. The molecule has 0 spiro atoms. The Labute approximate surface area is 105 Å². The van der Waals surface area contributed by atoms with Crippen LogP contribution in [0, 0.1) is 0 Å². The van der Waals surface area contributed by atoms with Crippen molar-refractivity contribution < 1.29 is 0 Å². The van der Waals surface area contributed by atoms with Crippen LogP contribution in [-0.2, 0) is 6.42 Å². The molecule has 1 aromatic rings. The molecule has 0 fully saturated rings. The van der Waals surface area contributed by atoms with Crippen molar-refractivity contribution in [3.05, 3.63) is 47.5 Å². The smallest absolute Gasteiger partial charge is 0.00143 e. The van der Waals surface area contributed by atoms with E-state index in [-0.39, 0.29) is 0 Å². The average molecular weight is 229 g/mol. The van der Waals surface area contributed by atoms with E-state index < -0.39 is 0 Å². The third kappa shape index (κ3) is 3.44. The number of benzene rings is 1. The van der Waals surface area contributed by atoms with Gasteiger partial charge in [0, 0.05) is 0 Å². The van der Waals surface area contributed by atoms with Gasteiger partial charge in [-0.25, -0.2) is 0 Å². The van der Waals surface area contributed by atoms with Crippen LogP contribution >= 0.6 is 0 Å². The van der Waals surface area contributed by atoms with E-state index in [4.69, 9.17) is 0 Å². The second-order valence-electron chi connectivity index (χ2n) is 4.85. The van der Waals surface area contributed by atoms with Crippen molar-refractivity contribution >= 4 is 0 Å². The third-order valence-electron chi connectivity index (χ3n) is 3.46. The molecule has 0 heterocycles. The first kappa shape index (κ1) is 12.4. The van der Waals surface area contributed by atoms with Crippen molar-refractivity contribution in [2.75, 3.05) is 13.1 Å². The maximum Gasteiger partial charge on any atom is -0.00143 e. The second kappa shape index (κ2) is 6.61. The second-order valence-corrected chi connectivity index (χ2v) is 4.85. The van der Waals surface area contributed by atoms with E-state index in [9.17, 15) is 0 Å². The molecule has 1 N–H and O–H groups in total. The first-order valence-electron chi connectivity index (χ1n) is 6.85. The molecule has 1 heteroatoms. The number of fused-ring (bicyclic) bond motifs is 1. The molecule has 17 heavy (non-hydrogen) atoms. The van der Waals surface area contributed by atoms with Gasteiger partial charge in [-0.3, -0.25) is 0 Å². The minimum Gasteiger partial charge on any atom is -0.316 e. The number of allylic oxidation sites excluding steroid dienone is 1. The van der Waals surface area contributed by atoms with Crippen LogP contribution in [0.3, 0.4) is 0 Å². The molecule has 0 saturated carbocycles. The van der Waals surface area contributed by atoms with Crippen LogP contribution in [0.5, 0.6) is 0 Å². The van der Waals surface area contributed by atoms with E-state index in [0.29, 0.717) is 0 Å². The largest absolute Gasteiger partial charge is 0.316 e. The zero-order chi connectivity index (χ0) is 11.9. The Morgan fingerprint density at radius 1 is 1.24 bits per heavy atom. The monoisotopic (exact) mass is 229 g/mol. The zero-order valence-corrected chi connectivity index (χ0v) is 10.8. The first-order chi connectivity index (χ1) is 8.42. The molecular weight excluding hydrogens is 206 g/mol. The molecule has 1 aliphatic rings. The van der Waals surface area contributed by atoms with Gasteiger partial charge in [0.1, 0.15) is 0 Å². The number of hydrogen-bond donors (Lipinski definition) is 1. The summed E-state index contributed by atoms with van der Waals surface area (Å²) in [6.07, 6.45) is 9.55. The summed E-state index contributed by atoms with van der Waals surface area (Å²) in [5.74, 6) is 0.783. The summed E-state index contributed by atoms with van der Waals surface area (Å²) in [7, 11) is 0. The minimum atomic E-state index is 0.783. The summed E-state index contributed by atoms with van der Waals surface area (Å²) in [5.41, 5.74) is 3.12. The molecule has 1 nitrogen and oxygen atoms in total. The van der Waals surface area contributed by atoms with Gasteiger partial charge in [-0.1, -0.05) is 43.3 Å². The Balaban J connectivity index is 1.62. The zero-order valence-electron chi connectivity index (χ0n) is 10.8. The van der Waals surface area contributed by atoms with E-state index in [1.54, 1.807) is 11.1 Å². The molecule has 0 saturated heterocycles. The maximum atomic E-state index is 3.42. The molecule has 1 unspecified atom stereocenters. The molecule has 0 radical (unpaired) electrons. The molecule has 0 aliphatic heterocycles. The van der Waals surface area contributed by atoms with Gasteiger partial charge in [0.2, 0.25) is 0 Å². The number of rotatable bonds is 7. The van der Waals surface area contributed by atoms with Crippen LogP contribution in [-0.4, -0.2) is 13.1 Å². The lowest BCUT2D eigenvalue weighted by Crippen LogP contribution is -2.16. The van der Waals surface area contributed by atoms with Crippen LogP contribution in [0.2, 0.25) is 0 Å². The molecule has 2 rings (SSSR count). The highest BCUT2D eigenvalue weighted by Crippen LogP contribution is 2.37. The molecule has 0 aromatic heterocycles. The van der Waals surface area contributed by atoms with E-state index in [2.05, 4.69) is 48.7 Å². The molecule has 1 atom stereocenters. The van der Waals surface area contributed by atoms with Crippen LogP contribution < -0.4 is 5.32 Å². The highest BCUT2D eigenvalue weighted by Gasteiger charge is 2.23. The summed E-state index contributed by atoms with van der Waals surface area (Å²) < 4.78 is 0. The van der Waals surface area contributed by atoms with Crippen molar-refractivity contribution in [1.82, 2.24) is 5.32 Å². The Morgan fingerprint density at radius 2 is 2.12 bits per heavy atom. The average Bonchev–Trinajstić information content (AvgIpc) is 2.33. The Kier molecular flexibility index (Phi) is 4.81. The van der Waals surface area contributed by atoms with Gasteiger partial charge in [0.15, 0.2) is 0 Å². The van der Waals surface area contributed by atoms with Crippen LogP contribution in [0.1, 0.15) is 43.2 Å². The fraction of sp³-hybridized carbons (Fsp3) is 0.500. The summed E-state index contributed by atoms with van der Waals surface area (Å²) >= 11 is 0. The van der Waals surface area contributed by atoms with E-state index in [0.717, 1.165) is 25.4 Å². The van der Waals surface area contributed by atoms with Crippen LogP contribution in [0.4, 0.5) is 0 Å². The fourth-order valence-corrected chi connectivity index (χ4v) is 2.44. The Hall–Kier alpha value is -1.08. The topological polar surface area (TPSA) is 12.0 Å². The quantitative estimate of drug-likeness (QED) is 0.556. The maximum absolute atomic E-state index is 3.42. The van der Waals surface area contributed by atoms with Gasteiger partial charge in [0.25, 0.3) is 0 Å². The summed E-state index contributed by atoms with van der Waals surface area (Å²) in [6.45, 7) is 4.46. The third-order valence-corrected chi connectivity index (χ3v) is 3.46. The normalized spacial score (nSPS) is 18.1. The lowest BCUT2D eigenvalue weighted by Gasteiger charge is -2.29. The molecule has 0 amide bonds. The minimum absolute atomic E-state index is 0.783. The van der Waals surface area contributed by atoms with Crippen molar-refractivity contribution in [3.63, 3.8) is 0 Å². The van der Waals surface area contributed by atoms with Crippen molar-refractivity contribution in [3.8, 4) is 0 Å². The molecule has 1 aromatic carbocycles. The van der Waals surface area contributed by atoms with Gasteiger partial charge >= 0.3 is 0 Å². The molecule has 92 valence electrons. The highest BCUT2D eigenvalue weighted by atomic mass is 14.8. The number of hydrogen-bond acceptors (Lipinski definition) is 1. The van der Waals surface area contributed by atoms with Gasteiger partial charge < -0.3 is 5.32 Å². The first-order valence-corrected chi connectivity index (χ1v) is 6.85. The summed E-state index contributed by atoms with van der Waals surface area (Å²) in [4.78, 5) is 0. The molecular formula is C16H23N. The standard InChI is InChI=1S/C16H23N/c1-2-11-17-12-7-3-4-8-14-13-15-9-5-6-10-16(14)15/h3-6,9-10,14,17H,2,7-8,11-13H2,1H3. The predicted octanol–water partition coefficient (Wildman–Crippen LogP) is 3.66. The summed E-state index contributed by atoms with van der Waals surface area (Å²) in [6, 6.07) is 8.83. The lowest BCUT2D eigenvalue weighted by molar-refractivity contribution is 0.614. The van der Waals surface area contributed by atoms with Gasteiger partial charge in [-0.2, -0.15) is 0 Å². The SMILES string of the molecule is CCCNCCC=CCC1Cc2ccccc21. The van der Waals surface area contributed by atoms with Crippen molar-refractivity contribution in [1.29, 1.82) is 0 Å². The summed E-state index contributed by atoms with van der Waals surface area (Å²) in [5, 5.41) is 3.42. The lowest BCUT2D eigenvalue weighted by atomic mass is 9.76. The van der Waals surface area contributed by atoms with Gasteiger partial charge in [0.05, 0.1) is 0 Å². The van der Waals surface area contributed by atoms with Gasteiger partial charge in [-0.05, 0) is 55.8 Å². The van der Waals surface area contributed by atoms with Crippen molar-refractivity contribution in [2.24, 2.45) is 0 Å². The molecule has 1 aliphatic carbocycles. The van der Waals surface area contributed by atoms with E-state index >= 15 is 0 Å². The van der Waals surface area contributed by atoms with Crippen LogP contribution in [0.15, 0.2) is 36.4 Å².